The van der Waals surface area contributed by atoms with Crippen molar-refractivity contribution >= 4 is 0 Å². The van der Waals surface area contributed by atoms with E-state index in [0.717, 1.165) is 19.3 Å². The Hall–Kier alpha value is -1.33. The van der Waals surface area contributed by atoms with Gasteiger partial charge in [0.2, 0.25) is 0 Å². The number of hydrogen-bond donors (Lipinski definition) is 1. The highest BCUT2D eigenvalue weighted by Gasteiger charge is 2.02. The van der Waals surface area contributed by atoms with Crippen molar-refractivity contribution in [3.63, 3.8) is 0 Å². The van der Waals surface area contributed by atoms with Gasteiger partial charge in [-0.3, -0.25) is 4.98 Å². The summed E-state index contributed by atoms with van der Waals surface area (Å²) in [6.45, 7) is 2.12. The lowest BCUT2D eigenvalue weighted by Crippen LogP contribution is -1.95. The van der Waals surface area contributed by atoms with Gasteiger partial charge in [-0.2, -0.15) is 0 Å². The summed E-state index contributed by atoms with van der Waals surface area (Å²) in [5, 5.41) is 9.58. The Labute approximate surface area is 85.0 Å². The molecule has 1 heterocycles. The van der Waals surface area contributed by atoms with Crippen LogP contribution in [0.1, 0.15) is 38.0 Å². The Morgan fingerprint density at radius 2 is 2.36 bits per heavy atom. The number of unbranched alkanes of at least 4 members (excludes halogenated alkanes) is 2. The molecule has 0 aliphatic heterocycles. The molecule has 0 aliphatic rings. The maximum Gasteiger partial charge on any atom is 0.156 e. The third kappa shape index (κ3) is 3.59. The van der Waals surface area contributed by atoms with Crippen molar-refractivity contribution in [2.45, 2.75) is 32.3 Å². The highest BCUT2D eigenvalue weighted by atomic mass is 16.3. The smallest absolute Gasteiger partial charge is 0.156 e. The van der Waals surface area contributed by atoms with E-state index >= 15 is 0 Å². The van der Waals surface area contributed by atoms with Gasteiger partial charge in [0.05, 0.1) is 5.69 Å². The summed E-state index contributed by atoms with van der Waals surface area (Å²) >= 11 is 0. The number of aliphatic hydroxyl groups is 1. The second-order valence-corrected chi connectivity index (χ2v) is 3.08. The molecule has 14 heavy (non-hydrogen) atoms. The summed E-state index contributed by atoms with van der Waals surface area (Å²) in [6, 6.07) is 5.44. The van der Waals surface area contributed by atoms with Crippen molar-refractivity contribution in [1.82, 2.24) is 4.98 Å². The van der Waals surface area contributed by atoms with E-state index in [1.54, 1.807) is 12.3 Å². The molecule has 1 atom stereocenters. The summed E-state index contributed by atoms with van der Waals surface area (Å²) in [5.41, 5.74) is 0.622. The van der Waals surface area contributed by atoms with Crippen LogP contribution in [0.2, 0.25) is 0 Å². The van der Waals surface area contributed by atoms with Crippen LogP contribution in [0.25, 0.3) is 0 Å². The van der Waals surface area contributed by atoms with Crippen molar-refractivity contribution in [3.05, 3.63) is 30.1 Å². The van der Waals surface area contributed by atoms with Crippen LogP contribution in [-0.4, -0.2) is 10.1 Å². The number of aliphatic hydroxyl groups excluding tert-OH is 1. The molecule has 0 fully saturated rings. The van der Waals surface area contributed by atoms with Crippen molar-refractivity contribution in [3.8, 4) is 11.8 Å². The van der Waals surface area contributed by atoms with Crippen molar-refractivity contribution in [2.24, 2.45) is 0 Å². The Morgan fingerprint density at radius 1 is 1.50 bits per heavy atom. The van der Waals surface area contributed by atoms with Gasteiger partial charge in [-0.05, 0) is 18.6 Å². The summed E-state index contributed by atoms with van der Waals surface area (Å²) < 4.78 is 0. The van der Waals surface area contributed by atoms with Crippen molar-refractivity contribution in [1.29, 1.82) is 0 Å². The van der Waals surface area contributed by atoms with E-state index in [1.165, 1.54) is 0 Å². The maximum atomic E-state index is 9.58. The fourth-order valence-electron chi connectivity index (χ4n) is 1.05. The Balaban J connectivity index is 2.49. The highest BCUT2D eigenvalue weighted by molar-refractivity contribution is 5.17. The lowest BCUT2D eigenvalue weighted by atomic mass is 10.2. The van der Waals surface area contributed by atoms with Gasteiger partial charge in [-0.15, -0.1) is 5.92 Å². The molecule has 0 amide bonds. The monoisotopic (exact) mass is 189 g/mol. The summed E-state index contributed by atoms with van der Waals surface area (Å²) in [5.74, 6) is 5.72. The van der Waals surface area contributed by atoms with Gasteiger partial charge in [-0.1, -0.05) is 25.3 Å². The van der Waals surface area contributed by atoms with E-state index < -0.39 is 6.10 Å². The summed E-state index contributed by atoms with van der Waals surface area (Å²) in [4.78, 5) is 4.03. The van der Waals surface area contributed by atoms with E-state index in [9.17, 15) is 5.11 Å². The third-order valence-corrected chi connectivity index (χ3v) is 1.86. The minimum Gasteiger partial charge on any atom is -0.374 e. The van der Waals surface area contributed by atoms with Crippen LogP contribution in [0.15, 0.2) is 24.4 Å². The van der Waals surface area contributed by atoms with Gasteiger partial charge in [0.15, 0.2) is 6.10 Å². The van der Waals surface area contributed by atoms with Crippen LogP contribution in [0, 0.1) is 11.8 Å². The second-order valence-electron chi connectivity index (χ2n) is 3.08. The zero-order chi connectivity index (χ0) is 10.2. The van der Waals surface area contributed by atoms with Crippen molar-refractivity contribution < 1.29 is 5.11 Å². The molecule has 1 N–H and O–H groups in total. The quantitative estimate of drug-likeness (QED) is 0.584. The molecular weight excluding hydrogens is 174 g/mol. The first-order valence-corrected chi connectivity index (χ1v) is 4.92. The molecule has 74 valence electrons. The fraction of sp³-hybridized carbons (Fsp3) is 0.417. The number of aromatic nitrogens is 1. The second kappa shape index (κ2) is 6.17. The molecule has 0 aliphatic carbocycles. The van der Waals surface area contributed by atoms with Gasteiger partial charge < -0.3 is 5.11 Å². The summed E-state index contributed by atoms with van der Waals surface area (Å²) in [6.07, 6.45) is 3.98. The molecule has 2 heteroatoms. The van der Waals surface area contributed by atoms with Gasteiger partial charge in [0.25, 0.3) is 0 Å². The van der Waals surface area contributed by atoms with Crippen LogP contribution in [0.4, 0.5) is 0 Å². The molecule has 1 aromatic rings. The average Bonchev–Trinajstić information content (AvgIpc) is 2.25. The van der Waals surface area contributed by atoms with Gasteiger partial charge in [0.1, 0.15) is 0 Å². The first kappa shape index (κ1) is 10.7. The van der Waals surface area contributed by atoms with E-state index in [1.807, 2.05) is 12.1 Å². The standard InChI is InChI=1S/C12H15NO/c1-2-3-4-5-9-12(14)11-8-6-7-10-13-11/h6-8,10,12,14H,2-4H2,1H3. The number of nitrogens with zero attached hydrogens (tertiary/aromatic N) is 1. The highest BCUT2D eigenvalue weighted by Crippen LogP contribution is 2.06. The largest absolute Gasteiger partial charge is 0.374 e. The molecule has 0 aromatic carbocycles. The van der Waals surface area contributed by atoms with Gasteiger partial charge >= 0.3 is 0 Å². The zero-order valence-corrected chi connectivity index (χ0v) is 8.40. The minimum absolute atomic E-state index is 0.622. The van der Waals surface area contributed by atoms with Crippen LogP contribution in [0.5, 0.6) is 0 Å². The van der Waals surface area contributed by atoms with E-state index in [0.29, 0.717) is 5.69 Å². The molecule has 2 nitrogen and oxygen atoms in total. The maximum absolute atomic E-state index is 9.58. The van der Waals surface area contributed by atoms with Crippen LogP contribution in [0.3, 0.4) is 0 Å². The topological polar surface area (TPSA) is 33.1 Å². The molecule has 1 aromatic heterocycles. The van der Waals surface area contributed by atoms with Crippen LogP contribution >= 0.6 is 0 Å². The first-order chi connectivity index (χ1) is 6.84. The normalized spacial score (nSPS) is 11.6. The molecule has 0 saturated heterocycles. The van der Waals surface area contributed by atoms with Gasteiger partial charge in [0, 0.05) is 12.6 Å². The summed E-state index contributed by atoms with van der Waals surface area (Å²) in [7, 11) is 0. The number of pyridine rings is 1. The van der Waals surface area contributed by atoms with E-state index in [-0.39, 0.29) is 0 Å². The third-order valence-electron chi connectivity index (χ3n) is 1.86. The molecule has 0 spiro atoms. The van der Waals surface area contributed by atoms with E-state index in [4.69, 9.17) is 0 Å². The van der Waals surface area contributed by atoms with Crippen LogP contribution < -0.4 is 0 Å². The average molecular weight is 189 g/mol. The first-order valence-electron chi connectivity index (χ1n) is 4.92. The molecule has 0 radical (unpaired) electrons. The van der Waals surface area contributed by atoms with Crippen molar-refractivity contribution in [2.75, 3.05) is 0 Å². The Bertz CT molecular complexity index is 310. The SMILES string of the molecule is CCCCC#CC(O)c1ccccn1. The van der Waals surface area contributed by atoms with E-state index in [2.05, 4.69) is 23.7 Å². The predicted molar refractivity (Wildman–Crippen MR) is 56.5 cm³/mol. The number of hydrogen-bond acceptors (Lipinski definition) is 2. The molecule has 0 bridgehead atoms. The predicted octanol–water partition coefficient (Wildman–Crippen LogP) is 2.31. The Morgan fingerprint density at radius 3 is 3.00 bits per heavy atom. The molecule has 0 saturated carbocycles. The molecule has 1 unspecified atom stereocenters. The molecule has 1 rings (SSSR count). The Kier molecular flexibility index (Phi) is 4.74. The zero-order valence-electron chi connectivity index (χ0n) is 8.40. The minimum atomic E-state index is -0.743. The molecular formula is C12H15NO. The van der Waals surface area contributed by atoms with Crippen LogP contribution in [-0.2, 0) is 0 Å². The van der Waals surface area contributed by atoms with Gasteiger partial charge in [-0.25, -0.2) is 0 Å². The number of rotatable bonds is 3. The lowest BCUT2D eigenvalue weighted by Gasteiger charge is -2.00. The lowest BCUT2D eigenvalue weighted by molar-refractivity contribution is 0.233. The fourth-order valence-corrected chi connectivity index (χ4v) is 1.05.